The summed E-state index contributed by atoms with van der Waals surface area (Å²) < 4.78 is 2.19. The van der Waals surface area contributed by atoms with Crippen molar-refractivity contribution in [2.75, 3.05) is 13.1 Å². The third-order valence-electron chi connectivity index (χ3n) is 5.31. The van der Waals surface area contributed by atoms with Gasteiger partial charge < -0.3 is 9.88 Å². The Balaban J connectivity index is 1.68. The van der Waals surface area contributed by atoms with Crippen LogP contribution >= 0.6 is 0 Å². The molecule has 0 saturated heterocycles. The van der Waals surface area contributed by atoms with Gasteiger partial charge in [-0.25, -0.2) is 0 Å². The lowest BCUT2D eigenvalue weighted by Crippen LogP contribution is -2.32. The summed E-state index contributed by atoms with van der Waals surface area (Å²) in [5, 5.41) is 11.8. The molecule has 1 N–H and O–H groups in total. The van der Waals surface area contributed by atoms with Crippen LogP contribution in [0.1, 0.15) is 55.2 Å². The molecule has 0 unspecified atom stereocenters. The Morgan fingerprint density at radius 3 is 2.63 bits per heavy atom. The number of aryl methyl sites for hydroxylation is 2. The maximum atomic E-state index is 12.0. The number of carbonyl (C=O) groups is 1. The molecule has 146 valence electrons. The van der Waals surface area contributed by atoms with Crippen LogP contribution in [0.15, 0.2) is 18.2 Å². The fourth-order valence-corrected chi connectivity index (χ4v) is 3.58. The largest absolute Gasteiger partial charge is 0.346 e. The maximum Gasteiger partial charge on any atom is 0.223 e. The minimum absolute atomic E-state index is 0.0350. The second-order valence-corrected chi connectivity index (χ2v) is 7.97. The lowest BCUT2D eigenvalue weighted by atomic mass is 10.1. The van der Waals surface area contributed by atoms with Crippen LogP contribution in [0, 0.1) is 19.8 Å². The van der Waals surface area contributed by atoms with E-state index < -0.39 is 0 Å². The third-order valence-corrected chi connectivity index (χ3v) is 5.31. The number of nitrogens with zero attached hydrogens (tertiary/aromatic N) is 4. The number of amides is 1. The van der Waals surface area contributed by atoms with E-state index in [0.717, 1.165) is 44.2 Å². The number of fused-ring (bicyclic) bond motifs is 1. The highest BCUT2D eigenvalue weighted by atomic mass is 16.1. The highest BCUT2D eigenvalue weighted by Crippen LogP contribution is 2.18. The topological polar surface area (TPSA) is 63.1 Å². The Kier molecular flexibility index (Phi) is 5.95. The normalized spacial score (nSPS) is 16.1. The molecule has 2 aromatic rings. The second kappa shape index (κ2) is 8.21. The molecule has 27 heavy (non-hydrogen) atoms. The average molecular weight is 370 g/mol. The van der Waals surface area contributed by atoms with Gasteiger partial charge in [-0.1, -0.05) is 37.6 Å². The predicted molar refractivity (Wildman–Crippen MR) is 106 cm³/mol. The summed E-state index contributed by atoms with van der Waals surface area (Å²) in [7, 11) is 0. The average Bonchev–Trinajstić information content (AvgIpc) is 2.92. The summed E-state index contributed by atoms with van der Waals surface area (Å²) in [5.74, 6) is 1.88. The van der Waals surface area contributed by atoms with E-state index >= 15 is 0 Å². The molecular weight excluding hydrogens is 338 g/mol. The first-order chi connectivity index (χ1) is 12.8. The fraction of sp³-hybridized carbons (Fsp3) is 0.571. The van der Waals surface area contributed by atoms with Crippen LogP contribution in [0.3, 0.4) is 0 Å². The molecule has 0 aliphatic carbocycles. The van der Waals surface area contributed by atoms with E-state index in [1.54, 1.807) is 0 Å². The van der Waals surface area contributed by atoms with Crippen molar-refractivity contribution in [3.8, 4) is 0 Å². The van der Waals surface area contributed by atoms with E-state index in [2.05, 4.69) is 57.0 Å². The molecule has 1 aliphatic rings. The number of hydrogen-bond acceptors (Lipinski definition) is 4. The van der Waals surface area contributed by atoms with Crippen molar-refractivity contribution in [1.29, 1.82) is 0 Å². The third kappa shape index (κ3) is 4.56. The zero-order valence-corrected chi connectivity index (χ0v) is 17.1. The van der Waals surface area contributed by atoms with E-state index in [-0.39, 0.29) is 17.9 Å². The van der Waals surface area contributed by atoms with Crippen molar-refractivity contribution in [3.05, 3.63) is 46.5 Å². The van der Waals surface area contributed by atoms with Gasteiger partial charge in [-0.3, -0.25) is 9.69 Å². The van der Waals surface area contributed by atoms with Crippen molar-refractivity contribution < 1.29 is 4.79 Å². The van der Waals surface area contributed by atoms with Crippen molar-refractivity contribution >= 4 is 5.91 Å². The standard InChI is InChI=1S/C21H31N5O/c1-14(2)21(27)22-17(5)20-24-23-19-8-9-25(10-11-26(19)20)13-18-7-6-15(3)12-16(18)4/h6-7,12,14,17H,8-11,13H2,1-5H3,(H,22,27)/t17-/m0/s1. The molecular formula is C21H31N5O. The second-order valence-electron chi connectivity index (χ2n) is 7.97. The van der Waals surface area contributed by atoms with E-state index in [4.69, 9.17) is 0 Å². The fourth-order valence-electron chi connectivity index (χ4n) is 3.58. The van der Waals surface area contributed by atoms with Gasteiger partial charge in [-0.15, -0.1) is 10.2 Å². The van der Waals surface area contributed by atoms with Crippen molar-refractivity contribution in [3.63, 3.8) is 0 Å². The van der Waals surface area contributed by atoms with Gasteiger partial charge in [0.15, 0.2) is 5.82 Å². The minimum Gasteiger partial charge on any atom is -0.346 e. The van der Waals surface area contributed by atoms with E-state index in [9.17, 15) is 4.79 Å². The van der Waals surface area contributed by atoms with Crippen molar-refractivity contribution in [1.82, 2.24) is 25.0 Å². The van der Waals surface area contributed by atoms with Gasteiger partial charge in [0.2, 0.25) is 5.91 Å². The van der Waals surface area contributed by atoms with Gasteiger partial charge in [-0.05, 0) is 31.9 Å². The first-order valence-corrected chi connectivity index (χ1v) is 9.86. The van der Waals surface area contributed by atoms with Gasteiger partial charge in [0.25, 0.3) is 0 Å². The summed E-state index contributed by atoms with van der Waals surface area (Å²) in [4.78, 5) is 14.5. The summed E-state index contributed by atoms with van der Waals surface area (Å²) in [6, 6.07) is 6.54. The molecule has 6 heteroatoms. The molecule has 1 aliphatic heterocycles. The zero-order chi connectivity index (χ0) is 19.6. The number of benzene rings is 1. The Bertz CT molecular complexity index is 811. The summed E-state index contributed by atoms with van der Waals surface area (Å²) in [5.41, 5.74) is 4.04. The van der Waals surface area contributed by atoms with Crippen molar-refractivity contribution in [2.45, 2.75) is 60.2 Å². The Morgan fingerprint density at radius 2 is 1.93 bits per heavy atom. The van der Waals surface area contributed by atoms with Crippen LogP contribution in [0.25, 0.3) is 0 Å². The van der Waals surface area contributed by atoms with Crippen LogP contribution in [-0.2, 0) is 24.3 Å². The summed E-state index contributed by atoms with van der Waals surface area (Å²) in [6.45, 7) is 13.8. The Hall–Kier alpha value is -2.21. The van der Waals surface area contributed by atoms with Crippen LogP contribution in [0.5, 0.6) is 0 Å². The van der Waals surface area contributed by atoms with Gasteiger partial charge >= 0.3 is 0 Å². The van der Waals surface area contributed by atoms with Crippen LogP contribution in [0.2, 0.25) is 0 Å². The number of nitrogens with one attached hydrogen (secondary N) is 1. The highest BCUT2D eigenvalue weighted by molar-refractivity contribution is 5.78. The SMILES string of the molecule is Cc1ccc(CN2CCc3nnc([C@H](C)NC(=O)C(C)C)n3CC2)c(C)c1. The van der Waals surface area contributed by atoms with E-state index in [1.165, 1.54) is 16.7 Å². The van der Waals surface area contributed by atoms with Gasteiger partial charge in [0.05, 0.1) is 6.04 Å². The van der Waals surface area contributed by atoms with Crippen LogP contribution < -0.4 is 5.32 Å². The number of carbonyl (C=O) groups excluding carboxylic acids is 1. The molecule has 0 spiro atoms. The van der Waals surface area contributed by atoms with Crippen LogP contribution in [0.4, 0.5) is 0 Å². The van der Waals surface area contributed by atoms with Crippen molar-refractivity contribution in [2.24, 2.45) is 5.92 Å². The monoisotopic (exact) mass is 369 g/mol. The molecule has 6 nitrogen and oxygen atoms in total. The minimum atomic E-state index is -0.132. The Labute approximate surface area is 162 Å². The van der Waals surface area contributed by atoms with Gasteiger partial charge in [-0.2, -0.15) is 0 Å². The Morgan fingerprint density at radius 1 is 1.15 bits per heavy atom. The first kappa shape index (κ1) is 19.5. The number of rotatable bonds is 5. The molecule has 1 atom stereocenters. The lowest BCUT2D eigenvalue weighted by molar-refractivity contribution is -0.124. The molecule has 1 aromatic heterocycles. The molecule has 0 radical (unpaired) electrons. The molecule has 0 bridgehead atoms. The zero-order valence-electron chi connectivity index (χ0n) is 17.1. The smallest absolute Gasteiger partial charge is 0.223 e. The highest BCUT2D eigenvalue weighted by Gasteiger charge is 2.23. The van der Waals surface area contributed by atoms with Gasteiger partial charge in [0, 0.05) is 38.5 Å². The first-order valence-electron chi connectivity index (χ1n) is 9.86. The predicted octanol–water partition coefficient (Wildman–Crippen LogP) is 2.79. The quantitative estimate of drug-likeness (QED) is 0.880. The van der Waals surface area contributed by atoms with E-state index in [0.29, 0.717) is 0 Å². The number of aromatic nitrogens is 3. The number of hydrogen-bond donors (Lipinski definition) is 1. The van der Waals surface area contributed by atoms with Gasteiger partial charge in [0.1, 0.15) is 5.82 Å². The molecule has 1 aromatic carbocycles. The van der Waals surface area contributed by atoms with E-state index in [1.807, 2.05) is 20.8 Å². The molecule has 0 saturated carbocycles. The summed E-state index contributed by atoms with van der Waals surface area (Å²) >= 11 is 0. The molecule has 0 fully saturated rings. The van der Waals surface area contributed by atoms with Crippen LogP contribution in [-0.4, -0.2) is 38.7 Å². The molecule has 3 rings (SSSR count). The maximum absolute atomic E-state index is 12.0. The molecule has 2 heterocycles. The lowest BCUT2D eigenvalue weighted by Gasteiger charge is -2.21. The summed E-state index contributed by atoms with van der Waals surface area (Å²) in [6.07, 6.45) is 0.878. The molecule has 1 amide bonds.